The van der Waals surface area contributed by atoms with Crippen molar-refractivity contribution >= 4 is 0 Å². The van der Waals surface area contributed by atoms with E-state index in [0.29, 0.717) is 11.5 Å². The Kier molecular flexibility index (Phi) is 1.06. The Morgan fingerprint density at radius 3 is 2.25 bits per heavy atom. The van der Waals surface area contributed by atoms with E-state index in [-0.39, 0.29) is 5.60 Å². The van der Waals surface area contributed by atoms with Crippen LogP contribution in [0.3, 0.4) is 0 Å². The average Bonchev–Trinajstić information content (AvgIpc) is 1.97. The molecule has 4 aliphatic rings. The van der Waals surface area contributed by atoms with E-state index in [1.165, 1.54) is 12.8 Å². The lowest BCUT2D eigenvalue weighted by Gasteiger charge is -2.68. The van der Waals surface area contributed by atoms with Gasteiger partial charge < -0.3 is 0 Å². The molecule has 4 unspecified atom stereocenters. The van der Waals surface area contributed by atoms with Crippen LogP contribution in [0.1, 0.15) is 33.6 Å². The summed E-state index contributed by atoms with van der Waals surface area (Å²) in [5.41, 5.74) is 0.549. The smallest absolute Gasteiger partial charge is 0.133 e. The summed E-state index contributed by atoms with van der Waals surface area (Å²) in [5, 5.41) is 0. The van der Waals surface area contributed by atoms with Crippen LogP contribution < -0.4 is 0 Å². The molecule has 0 radical (unpaired) electrons. The summed E-state index contributed by atoms with van der Waals surface area (Å²) >= 11 is 0. The van der Waals surface area contributed by atoms with Crippen molar-refractivity contribution in [2.24, 2.45) is 17.3 Å². The third-order valence-electron chi connectivity index (χ3n) is 4.64. The summed E-state index contributed by atoms with van der Waals surface area (Å²) in [6.45, 7) is 6.95. The molecule has 0 aromatic rings. The highest BCUT2D eigenvalue weighted by molar-refractivity contribution is 5.15. The molecule has 0 amide bonds. The first-order valence-electron chi connectivity index (χ1n) is 4.89. The van der Waals surface area contributed by atoms with Crippen molar-refractivity contribution in [1.82, 2.24) is 0 Å². The standard InChI is InChI=1S/C10H16O2/c1-9(2)6-4-7(9)10(3)8(5-6)11-12-10/h6-8H,4-5H2,1-3H3. The first kappa shape index (κ1) is 7.34. The summed E-state index contributed by atoms with van der Waals surface area (Å²) in [7, 11) is 0. The molecule has 0 aromatic carbocycles. The third-order valence-corrected chi connectivity index (χ3v) is 4.64. The van der Waals surface area contributed by atoms with Crippen molar-refractivity contribution in [1.29, 1.82) is 0 Å². The Hall–Kier alpha value is -0.0800. The van der Waals surface area contributed by atoms with Gasteiger partial charge in [0, 0.05) is 0 Å². The van der Waals surface area contributed by atoms with Crippen LogP contribution in [-0.4, -0.2) is 11.7 Å². The van der Waals surface area contributed by atoms with Crippen LogP contribution in [0.4, 0.5) is 0 Å². The molecule has 0 N–H and O–H groups in total. The monoisotopic (exact) mass is 168 g/mol. The summed E-state index contributed by atoms with van der Waals surface area (Å²) in [4.78, 5) is 10.4. The fourth-order valence-electron chi connectivity index (χ4n) is 3.47. The Morgan fingerprint density at radius 2 is 1.92 bits per heavy atom. The Bertz CT molecular complexity index is 236. The fourth-order valence-corrected chi connectivity index (χ4v) is 3.47. The highest BCUT2D eigenvalue weighted by atomic mass is 17.3. The maximum atomic E-state index is 5.31. The molecule has 4 fully saturated rings. The maximum Gasteiger partial charge on any atom is 0.133 e. The van der Waals surface area contributed by atoms with Crippen molar-refractivity contribution in [3.8, 4) is 0 Å². The Balaban J connectivity index is 1.95. The Labute approximate surface area is 73.2 Å². The van der Waals surface area contributed by atoms with Gasteiger partial charge in [-0.25, -0.2) is 9.78 Å². The van der Waals surface area contributed by atoms with Gasteiger partial charge in [-0.15, -0.1) is 0 Å². The van der Waals surface area contributed by atoms with Gasteiger partial charge in [-0.2, -0.15) is 0 Å². The molecule has 0 aromatic heterocycles. The van der Waals surface area contributed by atoms with Crippen LogP contribution in [-0.2, 0) is 9.78 Å². The van der Waals surface area contributed by atoms with Crippen molar-refractivity contribution in [2.75, 3.05) is 0 Å². The quantitative estimate of drug-likeness (QED) is 0.516. The van der Waals surface area contributed by atoms with Crippen molar-refractivity contribution in [3.63, 3.8) is 0 Å². The molecule has 1 heterocycles. The summed E-state index contributed by atoms with van der Waals surface area (Å²) in [6, 6.07) is 0. The average molecular weight is 168 g/mol. The minimum atomic E-state index is 0.0538. The molecule has 3 aliphatic carbocycles. The number of rotatable bonds is 0. The van der Waals surface area contributed by atoms with Gasteiger partial charge in [-0.3, -0.25) is 0 Å². The topological polar surface area (TPSA) is 18.5 Å². The molecule has 4 atom stereocenters. The molecule has 1 aliphatic heterocycles. The van der Waals surface area contributed by atoms with E-state index in [2.05, 4.69) is 20.8 Å². The van der Waals surface area contributed by atoms with E-state index in [9.17, 15) is 0 Å². The second-order valence-electron chi connectivity index (χ2n) is 5.39. The largest absolute Gasteiger partial charge is 0.230 e. The molecule has 2 bridgehead atoms. The first-order chi connectivity index (χ1) is 5.55. The summed E-state index contributed by atoms with van der Waals surface area (Å²) in [6.07, 6.45) is 2.96. The number of hydrogen-bond donors (Lipinski definition) is 0. The van der Waals surface area contributed by atoms with Crippen LogP contribution in [0.2, 0.25) is 0 Å². The van der Waals surface area contributed by atoms with Crippen LogP contribution >= 0.6 is 0 Å². The summed E-state index contributed by atoms with van der Waals surface area (Å²) in [5.74, 6) is 1.60. The van der Waals surface area contributed by atoms with E-state index in [1.54, 1.807) is 0 Å². The van der Waals surface area contributed by atoms with Gasteiger partial charge in [0.15, 0.2) is 0 Å². The first-order valence-corrected chi connectivity index (χ1v) is 4.89. The fraction of sp³-hybridized carbons (Fsp3) is 1.00. The molecular formula is C10H16O2. The predicted octanol–water partition coefficient (Wildman–Crippen LogP) is 2.14. The highest BCUT2D eigenvalue weighted by Gasteiger charge is 2.69. The summed E-state index contributed by atoms with van der Waals surface area (Å²) < 4.78 is 0. The molecule has 2 heteroatoms. The lowest BCUT2D eigenvalue weighted by molar-refractivity contribution is -0.548. The van der Waals surface area contributed by atoms with E-state index in [4.69, 9.17) is 9.78 Å². The zero-order valence-electron chi connectivity index (χ0n) is 7.96. The zero-order valence-corrected chi connectivity index (χ0v) is 7.96. The van der Waals surface area contributed by atoms with Gasteiger partial charge in [0.2, 0.25) is 0 Å². The third kappa shape index (κ3) is 0.549. The van der Waals surface area contributed by atoms with Crippen molar-refractivity contribution in [2.45, 2.75) is 45.3 Å². The second-order valence-corrected chi connectivity index (χ2v) is 5.39. The minimum absolute atomic E-state index is 0.0538. The maximum absolute atomic E-state index is 5.31. The molecule has 0 spiro atoms. The van der Waals surface area contributed by atoms with Gasteiger partial charge in [-0.1, -0.05) is 13.8 Å². The SMILES string of the molecule is CC1(C)C2CC3OOC3(C)C1C2. The van der Waals surface area contributed by atoms with Gasteiger partial charge >= 0.3 is 0 Å². The normalized spacial score (nSPS) is 59.8. The molecule has 68 valence electrons. The number of hydrogen-bond acceptors (Lipinski definition) is 2. The van der Waals surface area contributed by atoms with Crippen LogP contribution in [0, 0.1) is 17.3 Å². The molecule has 4 rings (SSSR count). The van der Waals surface area contributed by atoms with Crippen molar-refractivity contribution < 1.29 is 9.78 Å². The van der Waals surface area contributed by atoms with Gasteiger partial charge in [0.25, 0.3) is 0 Å². The van der Waals surface area contributed by atoms with Crippen LogP contribution in [0.5, 0.6) is 0 Å². The molecular weight excluding hydrogens is 152 g/mol. The predicted molar refractivity (Wildman–Crippen MR) is 44.4 cm³/mol. The second kappa shape index (κ2) is 1.73. The molecule has 2 nitrogen and oxygen atoms in total. The zero-order chi connectivity index (χ0) is 8.56. The van der Waals surface area contributed by atoms with E-state index >= 15 is 0 Å². The van der Waals surface area contributed by atoms with Gasteiger partial charge in [0.05, 0.1) is 0 Å². The molecule has 12 heavy (non-hydrogen) atoms. The molecule has 3 saturated carbocycles. The van der Waals surface area contributed by atoms with Crippen LogP contribution in [0.25, 0.3) is 0 Å². The van der Waals surface area contributed by atoms with Gasteiger partial charge in [0.1, 0.15) is 11.7 Å². The van der Waals surface area contributed by atoms with E-state index in [0.717, 1.165) is 11.8 Å². The van der Waals surface area contributed by atoms with E-state index in [1.807, 2.05) is 0 Å². The molecule has 1 saturated heterocycles. The van der Waals surface area contributed by atoms with Crippen molar-refractivity contribution in [3.05, 3.63) is 0 Å². The lowest BCUT2D eigenvalue weighted by atomic mass is 9.43. The van der Waals surface area contributed by atoms with Crippen LogP contribution in [0.15, 0.2) is 0 Å². The minimum Gasteiger partial charge on any atom is -0.230 e. The Morgan fingerprint density at radius 1 is 1.17 bits per heavy atom. The lowest BCUT2D eigenvalue weighted by Crippen LogP contribution is -2.73. The van der Waals surface area contributed by atoms with E-state index < -0.39 is 0 Å². The van der Waals surface area contributed by atoms with Gasteiger partial charge in [-0.05, 0) is 37.0 Å². The highest BCUT2D eigenvalue weighted by Crippen LogP contribution is 2.66.